The molecular formula is C22H30ClN3O. The lowest BCUT2D eigenvalue weighted by Crippen LogP contribution is -2.41. The number of carbonyl (C=O) groups excluding carboxylic acids is 1. The Morgan fingerprint density at radius 2 is 1.74 bits per heavy atom. The molecule has 0 aliphatic carbocycles. The summed E-state index contributed by atoms with van der Waals surface area (Å²) in [5.74, 6) is 0.816. The topological polar surface area (TPSA) is 58.4 Å². The fourth-order valence-corrected chi connectivity index (χ4v) is 3.94. The molecular weight excluding hydrogens is 358 g/mol. The molecule has 0 aromatic heterocycles. The first kappa shape index (κ1) is 21.4. The predicted molar refractivity (Wildman–Crippen MR) is 115 cm³/mol. The van der Waals surface area contributed by atoms with Gasteiger partial charge in [0.05, 0.1) is 6.04 Å². The van der Waals surface area contributed by atoms with Crippen LogP contribution in [0.5, 0.6) is 0 Å². The number of hydrogen-bond donors (Lipinski definition) is 2. The van der Waals surface area contributed by atoms with Crippen LogP contribution in [0.2, 0.25) is 0 Å². The Bertz CT molecular complexity index is 745. The van der Waals surface area contributed by atoms with Gasteiger partial charge in [-0.2, -0.15) is 0 Å². The highest BCUT2D eigenvalue weighted by atomic mass is 35.5. The lowest BCUT2D eigenvalue weighted by molar-refractivity contribution is -0.120. The first-order valence-electron chi connectivity index (χ1n) is 9.37. The van der Waals surface area contributed by atoms with Crippen molar-refractivity contribution in [3.8, 4) is 0 Å². The summed E-state index contributed by atoms with van der Waals surface area (Å²) in [4.78, 5) is 15.1. The van der Waals surface area contributed by atoms with Crippen LogP contribution in [0.3, 0.4) is 0 Å². The molecule has 0 radical (unpaired) electrons. The van der Waals surface area contributed by atoms with Gasteiger partial charge in [0.25, 0.3) is 0 Å². The summed E-state index contributed by atoms with van der Waals surface area (Å²) < 4.78 is 0. The Hall–Kier alpha value is -1.88. The minimum absolute atomic E-state index is 0. The summed E-state index contributed by atoms with van der Waals surface area (Å²) in [6, 6.07) is 16.4. The molecule has 1 fully saturated rings. The average molecular weight is 388 g/mol. The van der Waals surface area contributed by atoms with E-state index in [1.165, 1.54) is 5.56 Å². The summed E-state index contributed by atoms with van der Waals surface area (Å²) in [7, 11) is 0. The summed E-state index contributed by atoms with van der Waals surface area (Å²) >= 11 is 0. The van der Waals surface area contributed by atoms with E-state index in [1.807, 2.05) is 45.0 Å². The number of nitrogens with zero attached hydrogens (tertiary/aromatic N) is 1. The zero-order valence-electron chi connectivity index (χ0n) is 16.3. The molecule has 146 valence electrons. The van der Waals surface area contributed by atoms with Gasteiger partial charge in [-0.15, -0.1) is 12.4 Å². The van der Waals surface area contributed by atoms with E-state index in [0.29, 0.717) is 18.4 Å². The molecule has 4 nitrogen and oxygen atoms in total. The third kappa shape index (κ3) is 4.70. The fourth-order valence-electron chi connectivity index (χ4n) is 3.94. The van der Waals surface area contributed by atoms with Crippen LogP contribution < -0.4 is 11.1 Å². The van der Waals surface area contributed by atoms with Crippen molar-refractivity contribution in [1.82, 2.24) is 4.90 Å². The van der Waals surface area contributed by atoms with Gasteiger partial charge >= 0.3 is 0 Å². The molecule has 1 heterocycles. The normalized spacial score (nSPS) is 20.7. The predicted octanol–water partition coefficient (Wildman–Crippen LogP) is 3.73. The number of rotatable bonds is 5. The molecule has 1 amide bonds. The minimum Gasteiger partial charge on any atom is -0.330 e. The lowest BCUT2D eigenvalue weighted by Gasteiger charge is -2.24. The van der Waals surface area contributed by atoms with Crippen molar-refractivity contribution >= 4 is 24.0 Å². The van der Waals surface area contributed by atoms with Gasteiger partial charge in [0.2, 0.25) is 5.91 Å². The zero-order chi connectivity index (χ0) is 18.7. The molecule has 5 heteroatoms. The molecule has 3 N–H and O–H groups in total. The quantitative estimate of drug-likeness (QED) is 0.821. The first-order chi connectivity index (χ1) is 12.5. The van der Waals surface area contributed by atoms with E-state index in [1.54, 1.807) is 0 Å². The van der Waals surface area contributed by atoms with Crippen LogP contribution in [-0.2, 0) is 4.79 Å². The molecule has 0 saturated carbocycles. The van der Waals surface area contributed by atoms with Gasteiger partial charge in [0.15, 0.2) is 0 Å². The van der Waals surface area contributed by atoms with Crippen molar-refractivity contribution in [2.45, 2.75) is 32.7 Å². The fraction of sp³-hybridized carbons (Fsp3) is 0.409. The molecule has 1 unspecified atom stereocenters. The van der Waals surface area contributed by atoms with Gasteiger partial charge in [-0.25, -0.2) is 0 Å². The molecule has 1 aliphatic heterocycles. The van der Waals surface area contributed by atoms with Crippen LogP contribution in [0.1, 0.15) is 29.5 Å². The monoisotopic (exact) mass is 387 g/mol. The van der Waals surface area contributed by atoms with Gasteiger partial charge in [-0.05, 0) is 49.9 Å². The molecule has 1 saturated heterocycles. The zero-order valence-corrected chi connectivity index (χ0v) is 17.1. The van der Waals surface area contributed by atoms with Crippen molar-refractivity contribution < 1.29 is 4.79 Å². The number of amides is 1. The van der Waals surface area contributed by atoms with Crippen LogP contribution in [0.4, 0.5) is 5.69 Å². The van der Waals surface area contributed by atoms with Gasteiger partial charge in [-0.1, -0.05) is 48.5 Å². The number of hydrogen-bond acceptors (Lipinski definition) is 3. The number of aryl methyl sites for hydroxylation is 2. The smallest absolute Gasteiger partial charge is 0.241 e. The number of nitrogens with two attached hydrogens (primary N) is 1. The largest absolute Gasteiger partial charge is 0.330 e. The first-order valence-corrected chi connectivity index (χ1v) is 9.37. The standard InChI is InChI=1S/C22H29N3O.ClH/c1-15-8-7-9-16(2)21(15)24-22(26)17(3)25-13-19(12-23)20(14-25)18-10-5-4-6-11-18;/h4-11,17,19-20H,12-14,23H2,1-3H3,(H,24,26);1H/t17?,19-,20+;/m1./s1. The van der Waals surface area contributed by atoms with Crippen LogP contribution in [0, 0.1) is 19.8 Å². The molecule has 27 heavy (non-hydrogen) atoms. The molecule has 1 aliphatic rings. The highest BCUT2D eigenvalue weighted by Gasteiger charge is 2.36. The number of anilines is 1. The summed E-state index contributed by atoms with van der Waals surface area (Å²) in [5.41, 5.74) is 10.5. The van der Waals surface area contributed by atoms with Crippen molar-refractivity contribution in [3.05, 3.63) is 65.2 Å². The Balaban J connectivity index is 0.00000261. The highest BCUT2D eigenvalue weighted by molar-refractivity contribution is 5.95. The van der Waals surface area contributed by atoms with E-state index >= 15 is 0 Å². The third-order valence-electron chi connectivity index (χ3n) is 5.66. The second kappa shape index (κ2) is 9.36. The van der Waals surface area contributed by atoms with E-state index in [2.05, 4.69) is 34.5 Å². The van der Waals surface area contributed by atoms with Crippen molar-refractivity contribution in [2.75, 3.05) is 25.0 Å². The van der Waals surface area contributed by atoms with E-state index in [-0.39, 0.29) is 24.4 Å². The Morgan fingerprint density at radius 3 is 2.33 bits per heavy atom. The average Bonchev–Trinajstić information content (AvgIpc) is 3.09. The van der Waals surface area contributed by atoms with Crippen LogP contribution in [-0.4, -0.2) is 36.5 Å². The molecule has 0 spiro atoms. The van der Waals surface area contributed by atoms with E-state index in [9.17, 15) is 4.79 Å². The van der Waals surface area contributed by atoms with Gasteiger partial charge < -0.3 is 11.1 Å². The summed E-state index contributed by atoms with van der Waals surface area (Å²) in [6.07, 6.45) is 0. The maximum Gasteiger partial charge on any atom is 0.241 e. The lowest BCUT2D eigenvalue weighted by atomic mass is 9.89. The Morgan fingerprint density at radius 1 is 1.11 bits per heavy atom. The highest BCUT2D eigenvalue weighted by Crippen LogP contribution is 2.33. The summed E-state index contributed by atoms with van der Waals surface area (Å²) in [6.45, 7) is 8.41. The second-order valence-corrected chi connectivity index (χ2v) is 7.40. The third-order valence-corrected chi connectivity index (χ3v) is 5.66. The maximum atomic E-state index is 12.9. The number of para-hydroxylation sites is 1. The number of likely N-dealkylation sites (tertiary alicyclic amines) is 1. The van der Waals surface area contributed by atoms with Crippen molar-refractivity contribution in [2.24, 2.45) is 11.7 Å². The van der Waals surface area contributed by atoms with E-state index < -0.39 is 0 Å². The SMILES string of the molecule is Cc1cccc(C)c1NC(=O)C(C)N1C[C@@H](CN)[C@H](c2ccccc2)C1.Cl. The molecule has 2 aromatic carbocycles. The second-order valence-electron chi connectivity index (χ2n) is 7.40. The number of benzene rings is 2. The van der Waals surface area contributed by atoms with Crippen LogP contribution in [0.15, 0.2) is 48.5 Å². The Kier molecular flexibility index (Phi) is 7.42. The number of carbonyl (C=O) groups is 1. The van der Waals surface area contributed by atoms with Crippen molar-refractivity contribution in [3.63, 3.8) is 0 Å². The molecule has 0 bridgehead atoms. The van der Waals surface area contributed by atoms with Crippen LogP contribution in [0.25, 0.3) is 0 Å². The maximum absolute atomic E-state index is 12.9. The molecule has 2 aromatic rings. The van der Waals surface area contributed by atoms with E-state index in [0.717, 1.165) is 29.9 Å². The Labute approximate surface area is 168 Å². The van der Waals surface area contributed by atoms with Crippen LogP contribution >= 0.6 is 12.4 Å². The molecule has 3 rings (SSSR count). The van der Waals surface area contributed by atoms with Crippen molar-refractivity contribution in [1.29, 1.82) is 0 Å². The molecule has 3 atom stereocenters. The van der Waals surface area contributed by atoms with Gasteiger partial charge in [0, 0.05) is 24.7 Å². The minimum atomic E-state index is -0.184. The summed E-state index contributed by atoms with van der Waals surface area (Å²) in [5, 5.41) is 3.13. The van der Waals surface area contributed by atoms with E-state index in [4.69, 9.17) is 5.73 Å². The number of halogens is 1. The van der Waals surface area contributed by atoms with Gasteiger partial charge in [0.1, 0.15) is 0 Å². The van der Waals surface area contributed by atoms with Gasteiger partial charge in [-0.3, -0.25) is 9.69 Å². The number of nitrogens with one attached hydrogen (secondary N) is 1.